The first-order chi connectivity index (χ1) is 19.5. The highest BCUT2D eigenvalue weighted by Crippen LogP contribution is 2.31. The lowest BCUT2D eigenvalue weighted by atomic mass is 9.84. The first-order valence-corrected chi connectivity index (χ1v) is 13.5. The maximum Gasteiger partial charge on any atom is 0.237 e. The minimum atomic E-state index is -0.533. The van der Waals surface area contributed by atoms with Crippen molar-refractivity contribution in [2.75, 3.05) is 5.32 Å². The number of nitrogens with zero attached hydrogens (tertiary/aromatic N) is 4. The van der Waals surface area contributed by atoms with E-state index in [1.54, 1.807) is 61.8 Å². The Morgan fingerprint density at radius 2 is 1.55 bits per heavy atom. The minimum Gasteiger partial charge on any atom is -0.325 e. The Bertz CT molecular complexity index is 1750. The van der Waals surface area contributed by atoms with Crippen molar-refractivity contribution in [3.05, 3.63) is 125 Å². The van der Waals surface area contributed by atoms with Crippen LogP contribution in [0.5, 0.6) is 0 Å². The normalized spacial score (nSPS) is 12.9. The number of amides is 1. The van der Waals surface area contributed by atoms with Crippen LogP contribution in [-0.4, -0.2) is 42.5 Å². The SMILES string of the molecule is CC(Sc1nnc(-c2cccnc2)n1Cc1ccccc1)C(=O)Nc1ccc2c(c1)C(=O)c1ccccc1C2=O. The number of carbonyl (C=O) groups excluding carboxylic acids is 3. The number of rotatable bonds is 7. The summed E-state index contributed by atoms with van der Waals surface area (Å²) in [6.45, 7) is 2.31. The molecule has 0 bridgehead atoms. The summed E-state index contributed by atoms with van der Waals surface area (Å²) in [6.07, 6.45) is 3.43. The van der Waals surface area contributed by atoms with Crippen LogP contribution in [0.1, 0.15) is 44.3 Å². The van der Waals surface area contributed by atoms with Crippen molar-refractivity contribution in [2.45, 2.75) is 23.9 Å². The molecule has 8 nitrogen and oxygen atoms in total. The van der Waals surface area contributed by atoms with E-state index in [0.29, 0.717) is 39.9 Å². The van der Waals surface area contributed by atoms with Gasteiger partial charge in [-0.05, 0) is 42.8 Å². The van der Waals surface area contributed by atoms with E-state index >= 15 is 0 Å². The number of ketones is 2. The van der Waals surface area contributed by atoms with Crippen LogP contribution in [0.15, 0.2) is 102 Å². The maximum atomic E-state index is 13.2. The number of hydrogen-bond acceptors (Lipinski definition) is 7. The van der Waals surface area contributed by atoms with Crippen LogP contribution in [0.4, 0.5) is 5.69 Å². The van der Waals surface area contributed by atoms with E-state index in [9.17, 15) is 14.4 Å². The van der Waals surface area contributed by atoms with Gasteiger partial charge in [0.15, 0.2) is 22.5 Å². The highest BCUT2D eigenvalue weighted by atomic mass is 32.2. The van der Waals surface area contributed by atoms with E-state index in [-0.39, 0.29) is 23.0 Å². The fraction of sp³-hybridized carbons (Fsp3) is 0.0968. The van der Waals surface area contributed by atoms with E-state index in [4.69, 9.17) is 0 Å². The largest absolute Gasteiger partial charge is 0.325 e. The monoisotopic (exact) mass is 545 g/mol. The molecule has 5 aromatic rings. The number of pyridine rings is 1. The van der Waals surface area contributed by atoms with Gasteiger partial charge in [0, 0.05) is 45.9 Å². The Labute approximate surface area is 234 Å². The fourth-order valence-electron chi connectivity index (χ4n) is 4.63. The Hall–Kier alpha value is -4.89. The Morgan fingerprint density at radius 3 is 2.27 bits per heavy atom. The van der Waals surface area contributed by atoms with Crippen molar-refractivity contribution >= 4 is 34.9 Å². The number of thioether (sulfide) groups is 1. The zero-order valence-electron chi connectivity index (χ0n) is 21.4. The molecule has 1 amide bonds. The molecule has 0 spiro atoms. The number of aromatic nitrogens is 4. The van der Waals surface area contributed by atoms with E-state index in [2.05, 4.69) is 20.5 Å². The van der Waals surface area contributed by atoms with Crippen LogP contribution in [0.2, 0.25) is 0 Å². The zero-order valence-corrected chi connectivity index (χ0v) is 22.3. The van der Waals surface area contributed by atoms with Crippen molar-refractivity contribution in [1.29, 1.82) is 0 Å². The molecule has 3 aromatic carbocycles. The van der Waals surface area contributed by atoms with Gasteiger partial charge in [-0.15, -0.1) is 10.2 Å². The predicted octanol–water partition coefficient (Wildman–Crippen LogP) is 5.28. The highest BCUT2D eigenvalue weighted by molar-refractivity contribution is 8.00. The summed E-state index contributed by atoms with van der Waals surface area (Å²) in [7, 11) is 0. The van der Waals surface area contributed by atoms with Crippen molar-refractivity contribution in [3.63, 3.8) is 0 Å². The third-order valence-corrected chi connectivity index (χ3v) is 7.74. The Morgan fingerprint density at radius 1 is 0.850 bits per heavy atom. The molecule has 40 heavy (non-hydrogen) atoms. The second-order valence-electron chi connectivity index (χ2n) is 9.33. The maximum absolute atomic E-state index is 13.2. The number of hydrogen-bond donors (Lipinski definition) is 1. The zero-order chi connectivity index (χ0) is 27.6. The molecule has 2 heterocycles. The number of benzene rings is 3. The second kappa shape index (κ2) is 10.7. The van der Waals surface area contributed by atoms with Crippen molar-refractivity contribution in [3.8, 4) is 11.4 Å². The van der Waals surface area contributed by atoms with Gasteiger partial charge < -0.3 is 5.32 Å². The molecule has 1 N–H and O–H groups in total. The van der Waals surface area contributed by atoms with Crippen molar-refractivity contribution in [1.82, 2.24) is 19.7 Å². The van der Waals surface area contributed by atoms with Gasteiger partial charge in [0.05, 0.1) is 11.8 Å². The lowest BCUT2D eigenvalue weighted by molar-refractivity contribution is -0.115. The molecule has 0 saturated carbocycles. The number of fused-ring (bicyclic) bond motifs is 2. The van der Waals surface area contributed by atoms with Crippen LogP contribution in [-0.2, 0) is 11.3 Å². The number of anilines is 1. The minimum absolute atomic E-state index is 0.200. The summed E-state index contributed by atoms with van der Waals surface area (Å²) < 4.78 is 1.97. The van der Waals surface area contributed by atoms with Crippen LogP contribution < -0.4 is 5.32 Å². The topological polar surface area (TPSA) is 107 Å². The lowest BCUT2D eigenvalue weighted by Crippen LogP contribution is -2.24. The molecule has 0 aliphatic heterocycles. The second-order valence-corrected chi connectivity index (χ2v) is 10.6. The molecule has 2 aromatic heterocycles. The smallest absolute Gasteiger partial charge is 0.237 e. The third kappa shape index (κ3) is 4.83. The summed E-state index contributed by atoms with van der Waals surface area (Å²) >= 11 is 1.29. The van der Waals surface area contributed by atoms with Gasteiger partial charge in [0.1, 0.15) is 0 Å². The molecule has 0 radical (unpaired) electrons. The summed E-state index contributed by atoms with van der Waals surface area (Å²) in [6, 6.07) is 25.3. The van der Waals surface area contributed by atoms with Gasteiger partial charge in [-0.1, -0.05) is 66.4 Å². The van der Waals surface area contributed by atoms with Gasteiger partial charge in [0.25, 0.3) is 0 Å². The predicted molar refractivity (Wildman–Crippen MR) is 152 cm³/mol. The molecule has 0 fully saturated rings. The summed E-state index contributed by atoms with van der Waals surface area (Å²) in [5.74, 6) is -0.0443. The van der Waals surface area contributed by atoms with Gasteiger partial charge in [-0.2, -0.15) is 0 Å². The van der Waals surface area contributed by atoms with E-state index in [1.807, 2.05) is 47.0 Å². The molecule has 196 valence electrons. The molecule has 1 unspecified atom stereocenters. The average Bonchev–Trinajstić information content (AvgIpc) is 3.38. The first-order valence-electron chi connectivity index (χ1n) is 12.7. The molecule has 9 heteroatoms. The first kappa shape index (κ1) is 25.4. The van der Waals surface area contributed by atoms with Gasteiger partial charge in [0.2, 0.25) is 5.91 Å². The summed E-state index contributed by atoms with van der Waals surface area (Å²) in [5.41, 5.74) is 3.72. The molecule has 1 aliphatic carbocycles. The van der Waals surface area contributed by atoms with E-state index < -0.39 is 5.25 Å². The third-order valence-electron chi connectivity index (χ3n) is 6.66. The van der Waals surface area contributed by atoms with Crippen molar-refractivity contribution < 1.29 is 14.4 Å². The summed E-state index contributed by atoms with van der Waals surface area (Å²) in [5, 5.41) is 11.8. The van der Waals surface area contributed by atoms with Crippen LogP contribution >= 0.6 is 11.8 Å². The van der Waals surface area contributed by atoms with Crippen LogP contribution in [0, 0.1) is 0 Å². The van der Waals surface area contributed by atoms with Crippen LogP contribution in [0.3, 0.4) is 0 Å². The molecule has 1 atom stereocenters. The van der Waals surface area contributed by atoms with Gasteiger partial charge in [-0.25, -0.2) is 0 Å². The van der Waals surface area contributed by atoms with Gasteiger partial charge in [-0.3, -0.25) is 23.9 Å². The molecular weight excluding hydrogens is 522 g/mol. The van der Waals surface area contributed by atoms with Gasteiger partial charge >= 0.3 is 0 Å². The van der Waals surface area contributed by atoms with Crippen molar-refractivity contribution in [2.24, 2.45) is 0 Å². The number of nitrogens with one attached hydrogen (secondary N) is 1. The highest BCUT2D eigenvalue weighted by Gasteiger charge is 2.30. The fourth-order valence-corrected chi connectivity index (χ4v) is 5.47. The Kier molecular flexibility index (Phi) is 6.79. The molecule has 0 saturated heterocycles. The molecular formula is C31H23N5O3S. The lowest BCUT2D eigenvalue weighted by Gasteiger charge is -2.19. The van der Waals surface area contributed by atoms with E-state index in [0.717, 1.165) is 11.1 Å². The quantitative estimate of drug-likeness (QED) is 0.272. The number of carbonyl (C=O) groups is 3. The summed E-state index contributed by atoms with van der Waals surface area (Å²) in [4.78, 5) is 43.4. The standard InChI is InChI=1S/C31H23N5O3S/c1-19(30(39)33-22-13-14-25-26(16-22)28(38)24-12-6-5-11-23(24)27(25)37)40-31-35-34-29(21-10-7-15-32-17-21)36(31)18-20-8-3-2-4-9-20/h2-17,19H,18H2,1H3,(H,33,39). The van der Waals surface area contributed by atoms with E-state index in [1.165, 1.54) is 11.8 Å². The Balaban J connectivity index is 1.23. The molecule has 6 rings (SSSR count). The molecule has 1 aliphatic rings. The average molecular weight is 546 g/mol. The van der Waals surface area contributed by atoms with Crippen LogP contribution in [0.25, 0.3) is 11.4 Å².